The predicted molar refractivity (Wildman–Crippen MR) is 107 cm³/mol. The molecule has 2 nitrogen and oxygen atoms in total. The summed E-state index contributed by atoms with van der Waals surface area (Å²) in [7, 11) is -1.64. The highest BCUT2D eigenvalue weighted by Gasteiger charge is 2.37. The highest BCUT2D eigenvalue weighted by atomic mass is 79.9. The molecule has 0 unspecified atom stereocenters. The Morgan fingerprint density at radius 3 is 2.65 bits per heavy atom. The van der Waals surface area contributed by atoms with Crippen LogP contribution in [0.25, 0.3) is 0 Å². The highest BCUT2D eigenvalue weighted by molar-refractivity contribution is 9.09. The van der Waals surface area contributed by atoms with Crippen molar-refractivity contribution < 1.29 is 9.16 Å². The first-order chi connectivity index (χ1) is 10.7. The molecule has 134 valence electrons. The number of hydrogen-bond acceptors (Lipinski definition) is 2. The van der Waals surface area contributed by atoms with Gasteiger partial charge in [0.1, 0.15) is 0 Å². The van der Waals surface area contributed by atoms with Gasteiger partial charge in [-0.2, -0.15) is 0 Å². The van der Waals surface area contributed by atoms with Gasteiger partial charge in [-0.1, -0.05) is 61.0 Å². The van der Waals surface area contributed by atoms with Crippen molar-refractivity contribution >= 4 is 24.2 Å². The molecule has 0 saturated carbocycles. The van der Waals surface area contributed by atoms with Gasteiger partial charge in [0.15, 0.2) is 8.32 Å². The number of rotatable bonds is 9. The van der Waals surface area contributed by atoms with Crippen LogP contribution < -0.4 is 0 Å². The topological polar surface area (TPSA) is 18.5 Å². The van der Waals surface area contributed by atoms with Crippen molar-refractivity contribution in [3.63, 3.8) is 0 Å². The summed E-state index contributed by atoms with van der Waals surface area (Å²) in [5.74, 6) is 0. The number of halogens is 1. The maximum absolute atomic E-state index is 6.27. The van der Waals surface area contributed by atoms with Gasteiger partial charge >= 0.3 is 0 Å². The van der Waals surface area contributed by atoms with Crippen molar-refractivity contribution in [1.82, 2.24) is 0 Å². The Balaban J connectivity index is 2.29. The summed E-state index contributed by atoms with van der Waals surface area (Å²) in [6.45, 7) is 16.3. The molecule has 1 rings (SSSR count). The Kier molecular flexibility index (Phi) is 8.77. The van der Waals surface area contributed by atoms with Crippen LogP contribution in [-0.2, 0) is 9.16 Å². The Labute approximate surface area is 153 Å². The lowest BCUT2D eigenvalue weighted by atomic mass is 10.0. The van der Waals surface area contributed by atoms with E-state index in [1.54, 1.807) is 0 Å². The summed E-state index contributed by atoms with van der Waals surface area (Å²) in [5.41, 5.74) is 1.27. The second-order valence-corrected chi connectivity index (χ2v) is 13.5. The van der Waals surface area contributed by atoms with Crippen LogP contribution in [0.3, 0.4) is 0 Å². The number of hydrogen-bond donors (Lipinski definition) is 0. The van der Waals surface area contributed by atoms with Gasteiger partial charge in [-0.05, 0) is 50.2 Å². The van der Waals surface area contributed by atoms with Gasteiger partial charge in [0.2, 0.25) is 0 Å². The summed E-state index contributed by atoms with van der Waals surface area (Å²) in [5, 5.41) is 1.18. The van der Waals surface area contributed by atoms with Gasteiger partial charge in [0, 0.05) is 11.9 Å². The lowest BCUT2D eigenvalue weighted by Gasteiger charge is -2.36. The summed E-state index contributed by atoms with van der Waals surface area (Å²) in [6.07, 6.45) is 10.5. The molecule has 0 radical (unpaired) electrons. The molecule has 2 atom stereocenters. The molecule has 0 fully saturated rings. The SMILES string of the molecule is C=C(CBr)CCC[C@@H]1CC=C[C@@H](CCO[Si](C)(C)C(C)(C)C)O1. The molecule has 0 aromatic rings. The fourth-order valence-electron chi connectivity index (χ4n) is 2.37. The van der Waals surface area contributed by atoms with Crippen LogP contribution in [0.5, 0.6) is 0 Å². The van der Waals surface area contributed by atoms with E-state index in [4.69, 9.17) is 9.16 Å². The van der Waals surface area contributed by atoms with E-state index in [-0.39, 0.29) is 11.1 Å². The standard InChI is InChI=1S/C19H35BrO2Si/c1-16(15-20)9-7-10-17-11-8-12-18(22-17)13-14-21-23(5,6)19(2,3)4/h8,12,17-18H,1,7,9-11,13-15H2,2-6H3/t17-,18+/m1/s1. The zero-order valence-corrected chi connectivity index (χ0v) is 18.2. The number of ether oxygens (including phenoxy) is 1. The number of alkyl halides is 1. The van der Waals surface area contributed by atoms with Crippen LogP contribution in [0.4, 0.5) is 0 Å². The molecular formula is C19H35BrO2Si. The van der Waals surface area contributed by atoms with Crippen LogP contribution in [0.1, 0.15) is 52.9 Å². The Bertz CT molecular complexity index is 399. The van der Waals surface area contributed by atoms with E-state index in [1.165, 1.54) is 5.57 Å². The van der Waals surface area contributed by atoms with E-state index in [1.807, 2.05) is 0 Å². The maximum atomic E-state index is 6.27. The second-order valence-electron chi connectivity index (χ2n) is 8.13. The van der Waals surface area contributed by atoms with Gasteiger partial charge in [0.25, 0.3) is 0 Å². The summed E-state index contributed by atoms with van der Waals surface area (Å²) in [6, 6.07) is 0. The normalized spacial score (nSPS) is 22.3. The molecule has 0 saturated heterocycles. The highest BCUT2D eigenvalue weighted by Crippen LogP contribution is 2.36. The minimum atomic E-state index is -1.64. The van der Waals surface area contributed by atoms with E-state index in [2.05, 4.69) is 68.5 Å². The third-order valence-corrected chi connectivity index (χ3v) is 10.4. The maximum Gasteiger partial charge on any atom is 0.191 e. The summed E-state index contributed by atoms with van der Waals surface area (Å²) < 4.78 is 12.5. The van der Waals surface area contributed by atoms with Gasteiger partial charge in [0.05, 0.1) is 12.2 Å². The molecule has 0 bridgehead atoms. The molecule has 0 amide bonds. The first-order valence-corrected chi connectivity index (χ1v) is 12.9. The molecule has 0 aromatic heterocycles. The van der Waals surface area contributed by atoms with Crippen molar-refractivity contribution in [3.05, 3.63) is 24.3 Å². The smallest absolute Gasteiger partial charge is 0.191 e. The van der Waals surface area contributed by atoms with Crippen LogP contribution in [0.2, 0.25) is 18.1 Å². The number of allylic oxidation sites excluding steroid dienone is 1. The Morgan fingerprint density at radius 1 is 1.35 bits per heavy atom. The van der Waals surface area contributed by atoms with Crippen LogP contribution in [0.15, 0.2) is 24.3 Å². The summed E-state index contributed by atoms with van der Waals surface area (Å²) in [4.78, 5) is 0. The fraction of sp³-hybridized carbons (Fsp3) is 0.789. The molecule has 0 aliphatic carbocycles. The largest absolute Gasteiger partial charge is 0.417 e. The predicted octanol–water partition coefficient (Wildman–Crippen LogP) is 6.23. The molecule has 1 heterocycles. The third kappa shape index (κ3) is 7.68. The van der Waals surface area contributed by atoms with Crippen molar-refractivity contribution in [1.29, 1.82) is 0 Å². The van der Waals surface area contributed by atoms with Crippen molar-refractivity contribution in [3.8, 4) is 0 Å². The van der Waals surface area contributed by atoms with Crippen molar-refractivity contribution in [2.45, 2.75) is 83.2 Å². The average molecular weight is 403 g/mol. The molecule has 0 aromatic carbocycles. The molecule has 1 aliphatic heterocycles. The minimum absolute atomic E-state index is 0.220. The second kappa shape index (κ2) is 9.55. The van der Waals surface area contributed by atoms with Gasteiger partial charge < -0.3 is 9.16 Å². The van der Waals surface area contributed by atoms with E-state index < -0.39 is 8.32 Å². The molecule has 23 heavy (non-hydrogen) atoms. The zero-order chi connectivity index (χ0) is 17.5. The zero-order valence-electron chi connectivity index (χ0n) is 15.7. The molecule has 1 aliphatic rings. The molecule has 4 heteroatoms. The fourth-order valence-corrected chi connectivity index (χ4v) is 3.72. The average Bonchev–Trinajstić information content (AvgIpc) is 2.46. The van der Waals surface area contributed by atoms with E-state index in [0.29, 0.717) is 6.10 Å². The van der Waals surface area contributed by atoms with E-state index in [9.17, 15) is 0 Å². The summed E-state index contributed by atoms with van der Waals surface area (Å²) >= 11 is 3.46. The monoisotopic (exact) mass is 402 g/mol. The first-order valence-electron chi connectivity index (χ1n) is 8.84. The minimum Gasteiger partial charge on any atom is -0.417 e. The van der Waals surface area contributed by atoms with Gasteiger partial charge in [-0.25, -0.2) is 0 Å². The molecule has 0 spiro atoms. The third-order valence-electron chi connectivity index (χ3n) is 5.03. The van der Waals surface area contributed by atoms with Gasteiger partial charge in [-0.15, -0.1) is 0 Å². The van der Waals surface area contributed by atoms with Crippen LogP contribution >= 0.6 is 15.9 Å². The molecular weight excluding hydrogens is 368 g/mol. The van der Waals surface area contributed by atoms with Crippen molar-refractivity contribution in [2.75, 3.05) is 11.9 Å². The van der Waals surface area contributed by atoms with Crippen LogP contribution in [-0.4, -0.2) is 32.5 Å². The Hall–Kier alpha value is 0.0969. The Morgan fingerprint density at radius 2 is 2.04 bits per heavy atom. The first kappa shape index (κ1) is 21.1. The quantitative estimate of drug-likeness (QED) is 0.258. The van der Waals surface area contributed by atoms with Crippen molar-refractivity contribution in [2.24, 2.45) is 0 Å². The lowest BCUT2D eigenvalue weighted by molar-refractivity contribution is -0.00871. The lowest BCUT2D eigenvalue weighted by Crippen LogP contribution is -2.41. The van der Waals surface area contributed by atoms with E-state index in [0.717, 1.165) is 44.0 Å². The van der Waals surface area contributed by atoms with Gasteiger partial charge in [-0.3, -0.25) is 0 Å². The van der Waals surface area contributed by atoms with Crippen LogP contribution in [0, 0.1) is 0 Å². The molecule has 0 N–H and O–H groups in total. The van der Waals surface area contributed by atoms with E-state index >= 15 is 0 Å².